The van der Waals surface area contributed by atoms with Crippen LogP contribution in [0.1, 0.15) is 17.2 Å². The molecule has 0 spiro atoms. The molecule has 2 aromatic rings. The lowest BCUT2D eigenvalue weighted by Crippen LogP contribution is -2.37. The lowest BCUT2D eigenvalue weighted by molar-refractivity contribution is 0.243. The van der Waals surface area contributed by atoms with Crippen molar-refractivity contribution < 1.29 is 4.79 Å². The molecule has 5 nitrogen and oxygen atoms in total. The molecule has 0 aliphatic carbocycles. The van der Waals surface area contributed by atoms with Crippen molar-refractivity contribution in [1.29, 1.82) is 0 Å². The summed E-state index contributed by atoms with van der Waals surface area (Å²) in [6, 6.07) is 18.9. The van der Waals surface area contributed by atoms with Gasteiger partial charge in [-0.1, -0.05) is 60.7 Å². The molecule has 4 N–H and O–H groups in total. The van der Waals surface area contributed by atoms with Gasteiger partial charge in [-0.3, -0.25) is 5.32 Å². The molecule has 5 heteroatoms. The van der Waals surface area contributed by atoms with E-state index in [1.807, 2.05) is 60.7 Å². The molecule has 0 saturated carbocycles. The highest BCUT2D eigenvalue weighted by Gasteiger charge is 2.15. The Labute approximate surface area is 117 Å². The van der Waals surface area contributed by atoms with Crippen LogP contribution in [0, 0.1) is 0 Å². The number of carbonyl (C=O) groups excluding carboxylic acids is 1. The number of urea groups is 1. The Bertz CT molecular complexity index is 529. The van der Waals surface area contributed by atoms with Crippen molar-refractivity contribution in [2.24, 2.45) is 10.9 Å². The average Bonchev–Trinajstić information content (AvgIpc) is 2.52. The summed E-state index contributed by atoms with van der Waals surface area (Å²) in [4.78, 5) is 11.8. The summed E-state index contributed by atoms with van der Waals surface area (Å²) >= 11 is 0. The van der Waals surface area contributed by atoms with Gasteiger partial charge in [0, 0.05) is 0 Å². The van der Waals surface area contributed by atoms with Crippen LogP contribution >= 0.6 is 0 Å². The SMILES string of the molecule is NN=CNC(=O)NC(c1ccccc1)c1ccccc1. The van der Waals surface area contributed by atoms with Gasteiger partial charge in [0.05, 0.1) is 6.04 Å². The van der Waals surface area contributed by atoms with Crippen LogP contribution in [0.3, 0.4) is 0 Å². The number of hydrazone groups is 1. The summed E-state index contributed by atoms with van der Waals surface area (Å²) in [6.45, 7) is 0. The molecule has 2 rings (SSSR count). The van der Waals surface area contributed by atoms with Crippen molar-refractivity contribution in [1.82, 2.24) is 10.6 Å². The second kappa shape index (κ2) is 6.94. The second-order valence-corrected chi connectivity index (χ2v) is 4.15. The molecule has 0 unspecified atom stereocenters. The molecular weight excluding hydrogens is 252 g/mol. The summed E-state index contributed by atoms with van der Waals surface area (Å²) in [7, 11) is 0. The van der Waals surface area contributed by atoms with Crippen LogP contribution in [-0.2, 0) is 0 Å². The number of nitrogens with one attached hydrogen (secondary N) is 2. The maximum atomic E-state index is 11.8. The van der Waals surface area contributed by atoms with Crippen LogP contribution in [0.4, 0.5) is 4.79 Å². The second-order valence-electron chi connectivity index (χ2n) is 4.15. The summed E-state index contributed by atoms with van der Waals surface area (Å²) in [5.74, 6) is 4.96. The number of carbonyl (C=O) groups is 1. The van der Waals surface area contributed by atoms with Gasteiger partial charge in [0.25, 0.3) is 0 Å². The van der Waals surface area contributed by atoms with Crippen molar-refractivity contribution in [3.8, 4) is 0 Å². The Hall–Kier alpha value is -2.82. The number of hydrogen-bond donors (Lipinski definition) is 3. The topological polar surface area (TPSA) is 79.5 Å². The van der Waals surface area contributed by atoms with Crippen molar-refractivity contribution in [3.05, 3.63) is 71.8 Å². The van der Waals surface area contributed by atoms with E-state index >= 15 is 0 Å². The molecule has 0 aliphatic rings. The van der Waals surface area contributed by atoms with E-state index in [1.165, 1.54) is 0 Å². The zero-order valence-corrected chi connectivity index (χ0v) is 10.9. The minimum atomic E-state index is -0.364. The Morgan fingerprint density at radius 3 is 1.95 bits per heavy atom. The molecule has 102 valence electrons. The first-order valence-corrected chi connectivity index (χ1v) is 6.20. The monoisotopic (exact) mass is 268 g/mol. The molecule has 2 amide bonds. The molecule has 2 aromatic carbocycles. The van der Waals surface area contributed by atoms with E-state index in [9.17, 15) is 4.79 Å². The Morgan fingerprint density at radius 1 is 1.00 bits per heavy atom. The fourth-order valence-electron chi connectivity index (χ4n) is 1.92. The summed E-state index contributed by atoms with van der Waals surface area (Å²) in [5.41, 5.74) is 2.00. The largest absolute Gasteiger partial charge is 0.327 e. The number of benzene rings is 2. The molecule has 0 saturated heterocycles. The fraction of sp³-hybridized carbons (Fsp3) is 0.0667. The van der Waals surface area contributed by atoms with Crippen LogP contribution in [0.25, 0.3) is 0 Å². The van der Waals surface area contributed by atoms with Gasteiger partial charge in [-0.05, 0) is 11.1 Å². The molecule has 0 aromatic heterocycles. The molecule has 0 heterocycles. The van der Waals surface area contributed by atoms with E-state index in [1.54, 1.807) is 0 Å². The molecule has 0 fully saturated rings. The van der Waals surface area contributed by atoms with Crippen molar-refractivity contribution in [3.63, 3.8) is 0 Å². The average molecular weight is 268 g/mol. The van der Waals surface area contributed by atoms with Gasteiger partial charge >= 0.3 is 6.03 Å². The first-order valence-electron chi connectivity index (χ1n) is 6.20. The molecule has 0 bridgehead atoms. The van der Waals surface area contributed by atoms with E-state index in [2.05, 4.69) is 15.7 Å². The van der Waals surface area contributed by atoms with Gasteiger partial charge < -0.3 is 11.2 Å². The van der Waals surface area contributed by atoms with E-state index in [0.717, 1.165) is 17.5 Å². The zero-order chi connectivity index (χ0) is 14.2. The first kappa shape index (κ1) is 13.6. The third-order valence-corrected chi connectivity index (χ3v) is 2.81. The molecule has 0 radical (unpaired) electrons. The summed E-state index contributed by atoms with van der Waals surface area (Å²) in [5, 5.41) is 8.55. The predicted molar refractivity (Wildman–Crippen MR) is 79.1 cm³/mol. The lowest BCUT2D eigenvalue weighted by atomic mass is 9.99. The van der Waals surface area contributed by atoms with Crippen LogP contribution in [0.2, 0.25) is 0 Å². The highest BCUT2D eigenvalue weighted by molar-refractivity contribution is 5.86. The fourth-order valence-corrected chi connectivity index (χ4v) is 1.92. The van der Waals surface area contributed by atoms with E-state index in [4.69, 9.17) is 5.84 Å². The third-order valence-electron chi connectivity index (χ3n) is 2.81. The van der Waals surface area contributed by atoms with Gasteiger partial charge in [-0.2, -0.15) is 5.10 Å². The van der Waals surface area contributed by atoms with E-state index in [-0.39, 0.29) is 12.1 Å². The number of amides is 2. The van der Waals surface area contributed by atoms with Crippen LogP contribution < -0.4 is 16.5 Å². The highest BCUT2D eigenvalue weighted by atomic mass is 16.2. The predicted octanol–water partition coefficient (Wildman–Crippen LogP) is 1.98. The molecule has 20 heavy (non-hydrogen) atoms. The minimum absolute atomic E-state index is 0.233. The van der Waals surface area contributed by atoms with Gasteiger partial charge in [0.2, 0.25) is 0 Å². The Balaban J connectivity index is 2.24. The smallest absolute Gasteiger partial charge is 0.320 e. The number of nitrogens with two attached hydrogens (primary N) is 1. The first-order chi connectivity index (χ1) is 9.81. The maximum Gasteiger partial charge on any atom is 0.320 e. The standard InChI is InChI=1S/C15H16N4O/c16-18-11-17-15(20)19-14(12-7-3-1-4-8-12)13-9-5-2-6-10-13/h1-11,14H,16H2,(H2,17,18,19,20). The highest BCUT2D eigenvalue weighted by Crippen LogP contribution is 2.21. The minimum Gasteiger partial charge on any atom is -0.327 e. The molecular formula is C15H16N4O. The quantitative estimate of drug-likeness (QED) is 0.343. The van der Waals surface area contributed by atoms with Gasteiger partial charge in [0.15, 0.2) is 0 Å². The van der Waals surface area contributed by atoms with Gasteiger partial charge in [-0.15, -0.1) is 0 Å². The van der Waals surface area contributed by atoms with Crippen LogP contribution in [-0.4, -0.2) is 12.4 Å². The van der Waals surface area contributed by atoms with Gasteiger partial charge in [0.1, 0.15) is 6.34 Å². The van der Waals surface area contributed by atoms with Crippen LogP contribution in [0.5, 0.6) is 0 Å². The normalized spacial score (nSPS) is 10.7. The molecule has 0 atom stereocenters. The number of nitrogens with zero attached hydrogens (tertiary/aromatic N) is 1. The summed E-state index contributed by atoms with van der Waals surface area (Å²) < 4.78 is 0. The van der Waals surface area contributed by atoms with E-state index in [0.29, 0.717) is 0 Å². The van der Waals surface area contributed by atoms with Crippen LogP contribution in [0.15, 0.2) is 65.8 Å². The van der Waals surface area contributed by atoms with Gasteiger partial charge in [-0.25, -0.2) is 4.79 Å². The van der Waals surface area contributed by atoms with Crippen molar-refractivity contribution >= 4 is 12.4 Å². The van der Waals surface area contributed by atoms with Crippen molar-refractivity contribution in [2.75, 3.05) is 0 Å². The number of rotatable bonds is 4. The third kappa shape index (κ3) is 3.58. The van der Waals surface area contributed by atoms with E-state index < -0.39 is 0 Å². The van der Waals surface area contributed by atoms with Crippen molar-refractivity contribution in [2.45, 2.75) is 6.04 Å². The lowest BCUT2D eigenvalue weighted by Gasteiger charge is -2.19. The molecule has 0 aliphatic heterocycles. The maximum absolute atomic E-state index is 11.8. The Morgan fingerprint density at radius 2 is 1.50 bits per heavy atom. The Kier molecular flexibility index (Phi) is 4.72. The summed E-state index contributed by atoms with van der Waals surface area (Å²) in [6.07, 6.45) is 1.14. The zero-order valence-electron chi connectivity index (χ0n) is 10.9. The number of hydrogen-bond acceptors (Lipinski definition) is 3.